The van der Waals surface area contributed by atoms with Crippen LogP contribution in [0.15, 0.2) is 60.2 Å². The number of hydrogen-bond acceptors (Lipinski definition) is 5. The normalized spacial score (nSPS) is 18.5. The zero-order valence-corrected chi connectivity index (χ0v) is 16.8. The van der Waals surface area contributed by atoms with E-state index in [-0.39, 0.29) is 30.6 Å². The van der Waals surface area contributed by atoms with Gasteiger partial charge in [-0.1, -0.05) is 30.3 Å². The number of likely N-dealkylation sites (tertiary alicyclic amines) is 1. The van der Waals surface area contributed by atoms with E-state index in [4.69, 9.17) is 9.47 Å². The van der Waals surface area contributed by atoms with Gasteiger partial charge in [0.2, 0.25) is 0 Å². The molecule has 2 aromatic rings. The Morgan fingerprint density at radius 2 is 1.72 bits per heavy atom. The van der Waals surface area contributed by atoms with Crippen LogP contribution in [0, 0.1) is 0 Å². The average Bonchev–Trinajstić information content (AvgIpc) is 2.97. The van der Waals surface area contributed by atoms with Gasteiger partial charge in [0, 0.05) is 19.2 Å². The van der Waals surface area contributed by atoms with Crippen molar-refractivity contribution < 1.29 is 24.2 Å². The third-order valence-corrected chi connectivity index (χ3v) is 4.69. The van der Waals surface area contributed by atoms with Crippen LogP contribution in [0.2, 0.25) is 0 Å². The molecule has 29 heavy (non-hydrogen) atoms. The van der Waals surface area contributed by atoms with Gasteiger partial charge >= 0.3 is 0 Å². The summed E-state index contributed by atoms with van der Waals surface area (Å²) in [6.45, 7) is 4.39. The Hall–Kier alpha value is -3.12. The smallest absolute Gasteiger partial charge is 0.295 e. The lowest BCUT2D eigenvalue weighted by molar-refractivity contribution is -0.140. The Morgan fingerprint density at radius 1 is 1.07 bits per heavy atom. The van der Waals surface area contributed by atoms with E-state index in [9.17, 15) is 14.7 Å². The molecule has 0 aliphatic carbocycles. The summed E-state index contributed by atoms with van der Waals surface area (Å²) in [5.41, 5.74) is 1.28. The van der Waals surface area contributed by atoms with Gasteiger partial charge in [0.15, 0.2) is 0 Å². The molecule has 1 fully saturated rings. The topological polar surface area (TPSA) is 76.1 Å². The van der Waals surface area contributed by atoms with Gasteiger partial charge in [-0.3, -0.25) is 9.59 Å². The number of methoxy groups -OCH3 is 1. The van der Waals surface area contributed by atoms with Gasteiger partial charge < -0.3 is 19.5 Å². The van der Waals surface area contributed by atoms with Gasteiger partial charge in [-0.15, -0.1) is 0 Å². The molecule has 152 valence electrons. The molecule has 0 radical (unpaired) electrons. The van der Waals surface area contributed by atoms with Crippen LogP contribution in [0.5, 0.6) is 5.75 Å². The van der Waals surface area contributed by atoms with Gasteiger partial charge in [0.25, 0.3) is 11.7 Å². The first-order valence-electron chi connectivity index (χ1n) is 9.53. The molecule has 2 aromatic carbocycles. The van der Waals surface area contributed by atoms with E-state index in [2.05, 4.69) is 0 Å². The molecule has 1 amide bonds. The van der Waals surface area contributed by atoms with Crippen LogP contribution in [0.25, 0.3) is 5.76 Å². The number of ether oxygens (including phenoxy) is 2. The molecule has 0 unspecified atom stereocenters. The van der Waals surface area contributed by atoms with Crippen LogP contribution < -0.4 is 4.74 Å². The first-order valence-corrected chi connectivity index (χ1v) is 9.53. The van der Waals surface area contributed by atoms with E-state index in [1.807, 2.05) is 44.2 Å². The summed E-state index contributed by atoms with van der Waals surface area (Å²) in [5, 5.41) is 11.0. The summed E-state index contributed by atoms with van der Waals surface area (Å²) in [7, 11) is 1.54. The lowest BCUT2D eigenvalue weighted by atomic mass is 9.95. The Bertz CT molecular complexity index is 903. The van der Waals surface area contributed by atoms with Crippen LogP contribution in [-0.2, 0) is 14.3 Å². The minimum Gasteiger partial charge on any atom is -0.507 e. The highest BCUT2D eigenvalue weighted by Crippen LogP contribution is 2.39. The van der Waals surface area contributed by atoms with Crippen molar-refractivity contribution in [2.45, 2.75) is 26.0 Å². The molecule has 1 atom stereocenters. The summed E-state index contributed by atoms with van der Waals surface area (Å²) < 4.78 is 10.7. The van der Waals surface area contributed by atoms with Gasteiger partial charge in [-0.2, -0.15) is 0 Å². The average molecular weight is 395 g/mol. The number of rotatable bonds is 7. The molecule has 6 heteroatoms. The summed E-state index contributed by atoms with van der Waals surface area (Å²) in [4.78, 5) is 26.9. The highest BCUT2D eigenvalue weighted by atomic mass is 16.5. The van der Waals surface area contributed by atoms with Crippen molar-refractivity contribution in [1.82, 2.24) is 4.90 Å². The van der Waals surface area contributed by atoms with Crippen LogP contribution >= 0.6 is 0 Å². The van der Waals surface area contributed by atoms with Gasteiger partial charge in [0.1, 0.15) is 11.5 Å². The van der Waals surface area contributed by atoms with Gasteiger partial charge in [0.05, 0.1) is 24.3 Å². The van der Waals surface area contributed by atoms with Crippen molar-refractivity contribution in [1.29, 1.82) is 0 Å². The van der Waals surface area contributed by atoms with Crippen molar-refractivity contribution in [2.75, 3.05) is 20.3 Å². The highest BCUT2D eigenvalue weighted by molar-refractivity contribution is 6.46. The first kappa shape index (κ1) is 20.6. The van der Waals surface area contributed by atoms with Crippen molar-refractivity contribution >= 4 is 17.4 Å². The van der Waals surface area contributed by atoms with Crippen LogP contribution in [0.1, 0.15) is 31.0 Å². The Morgan fingerprint density at radius 3 is 2.31 bits per heavy atom. The molecule has 1 aliphatic heterocycles. The Balaban J connectivity index is 2.05. The maximum Gasteiger partial charge on any atom is 0.295 e. The second kappa shape index (κ2) is 8.92. The molecule has 0 bridgehead atoms. The van der Waals surface area contributed by atoms with Crippen LogP contribution in [-0.4, -0.2) is 48.1 Å². The first-order chi connectivity index (χ1) is 13.9. The van der Waals surface area contributed by atoms with Crippen molar-refractivity contribution in [3.05, 3.63) is 71.3 Å². The summed E-state index contributed by atoms with van der Waals surface area (Å²) in [5.74, 6) is -0.878. The molecular formula is C23H25NO5. The third-order valence-electron chi connectivity index (χ3n) is 4.69. The van der Waals surface area contributed by atoms with Crippen molar-refractivity contribution in [2.24, 2.45) is 0 Å². The second-order valence-electron chi connectivity index (χ2n) is 7.09. The fraction of sp³-hybridized carbons (Fsp3) is 0.304. The van der Waals surface area contributed by atoms with Gasteiger partial charge in [-0.05, 0) is 43.7 Å². The van der Waals surface area contributed by atoms with Crippen LogP contribution in [0.4, 0.5) is 0 Å². The minimum atomic E-state index is -0.699. The number of nitrogens with zero attached hydrogens (tertiary/aromatic N) is 1. The molecule has 1 N–H and O–H groups in total. The maximum absolute atomic E-state index is 12.8. The molecule has 1 saturated heterocycles. The number of Topliss-reactive ketones (excluding diaryl/α,β-unsaturated/α-hetero) is 1. The molecule has 3 rings (SSSR count). The lowest BCUT2D eigenvalue weighted by Gasteiger charge is -2.25. The molecule has 0 saturated carbocycles. The van der Waals surface area contributed by atoms with E-state index in [0.717, 1.165) is 5.56 Å². The fourth-order valence-electron chi connectivity index (χ4n) is 3.40. The molecule has 0 spiro atoms. The number of ketones is 1. The predicted molar refractivity (Wildman–Crippen MR) is 110 cm³/mol. The zero-order valence-electron chi connectivity index (χ0n) is 16.8. The molecule has 1 heterocycles. The third kappa shape index (κ3) is 4.32. The van der Waals surface area contributed by atoms with E-state index >= 15 is 0 Å². The van der Waals surface area contributed by atoms with Crippen molar-refractivity contribution in [3.8, 4) is 5.75 Å². The SMILES string of the molecule is COCCN1C(=O)C(=O)/C(=C(/O)c2ccc(OC(C)C)cc2)[C@H]1c1ccccc1. The molecular weight excluding hydrogens is 370 g/mol. The molecule has 6 nitrogen and oxygen atoms in total. The van der Waals surface area contributed by atoms with E-state index in [1.165, 1.54) is 12.0 Å². The summed E-state index contributed by atoms with van der Waals surface area (Å²) in [6, 6.07) is 15.4. The Labute approximate surface area is 170 Å². The van der Waals surface area contributed by atoms with E-state index in [1.54, 1.807) is 24.3 Å². The molecule has 0 aromatic heterocycles. The van der Waals surface area contributed by atoms with Gasteiger partial charge in [-0.25, -0.2) is 0 Å². The van der Waals surface area contributed by atoms with Crippen LogP contribution in [0.3, 0.4) is 0 Å². The Kier molecular flexibility index (Phi) is 6.34. The second-order valence-corrected chi connectivity index (χ2v) is 7.09. The number of aliphatic hydroxyl groups is 1. The number of amides is 1. The summed E-state index contributed by atoms with van der Waals surface area (Å²) >= 11 is 0. The minimum absolute atomic E-state index is 0.0265. The number of hydrogen-bond donors (Lipinski definition) is 1. The maximum atomic E-state index is 12.8. The number of carbonyl (C=O) groups excluding carboxylic acids is 2. The van der Waals surface area contributed by atoms with E-state index < -0.39 is 17.7 Å². The number of benzene rings is 2. The zero-order chi connectivity index (χ0) is 21.0. The fourth-order valence-corrected chi connectivity index (χ4v) is 3.40. The number of carbonyl (C=O) groups is 2. The quantitative estimate of drug-likeness (QED) is 0.441. The predicted octanol–water partition coefficient (Wildman–Crippen LogP) is 3.54. The standard InChI is InChI=1S/C23H25NO5/c1-15(2)29-18-11-9-17(10-12-18)21(25)19-20(16-7-5-4-6-8-16)24(13-14-28-3)23(27)22(19)26/h4-12,15,20,25H,13-14H2,1-3H3/b21-19+/t20-/m1/s1. The lowest BCUT2D eigenvalue weighted by Crippen LogP contribution is -2.32. The monoisotopic (exact) mass is 395 g/mol. The molecule has 1 aliphatic rings. The highest BCUT2D eigenvalue weighted by Gasteiger charge is 2.45. The largest absolute Gasteiger partial charge is 0.507 e. The summed E-state index contributed by atoms with van der Waals surface area (Å²) in [6.07, 6.45) is 0.0265. The van der Waals surface area contributed by atoms with Crippen molar-refractivity contribution in [3.63, 3.8) is 0 Å². The number of aliphatic hydroxyl groups excluding tert-OH is 1. The van der Waals surface area contributed by atoms with E-state index in [0.29, 0.717) is 11.3 Å².